The number of thiazole rings is 1. The Kier molecular flexibility index (Phi) is 8.31. The van der Waals surface area contributed by atoms with Gasteiger partial charge in [0.1, 0.15) is 11.8 Å². The normalized spacial score (nSPS) is 27.0. The van der Waals surface area contributed by atoms with E-state index in [0.29, 0.717) is 33.5 Å². The van der Waals surface area contributed by atoms with Crippen LogP contribution in [0, 0.1) is 35.5 Å². The first-order chi connectivity index (χ1) is 24.0. The van der Waals surface area contributed by atoms with Gasteiger partial charge in [-0.3, -0.25) is 24.1 Å². The topological polar surface area (TPSA) is 146 Å². The monoisotopic (exact) mass is 731 g/mol. The lowest BCUT2D eigenvalue weighted by Gasteiger charge is -2.43. The summed E-state index contributed by atoms with van der Waals surface area (Å²) in [7, 11) is 0. The van der Waals surface area contributed by atoms with E-state index in [1.165, 1.54) is 11.8 Å². The van der Waals surface area contributed by atoms with E-state index in [0.717, 1.165) is 31.9 Å². The molecule has 3 fully saturated rings. The zero-order chi connectivity index (χ0) is 35.0. The van der Waals surface area contributed by atoms with Gasteiger partial charge in [-0.25, -0.2) is 4.79 Å². The van der Waals surface area contributed by atoms with Crippen molar-refractivity contribution in [3.8, 4) is 5.75 Å². The maximum atomic E-state index is 14.1. The molecule has 2 aliphatic heterocycles. The molecule has 2 bridgehead atoms. The van der Waals surface area contributed by atoms with Gasteiger partial charge < -0.3 is 20.1 Å². The molecule has 3 N–H and O–H groups in total. The van der Waals surface area contributed by atoms with Crippen LogP contribution in [-0.2, 0) is 19.2 Å². The number of benzene rings is 3. The number of thioether (sulfide) groups is 1. The summed E-state index contributed by atoms with van der Waals surface area (Å²) < 4.78 is 6.20. The number of carbonyl (C=O) groups is 4. The molecule has 0 radical (unpaired) electrons. The highest BCUT2D eigenvalue weighted by atomic mass is 35.5. The third-order valence-electron chi connectivity index (χ3n) is 10.7. The van der Waals surface area contributed by atoms with Gasteiger partial charge >= 0.3 is 10.8 Å². The van der Waals surface area contributed by atoms with E-state index in [2.05, 4.69) is 10.3 Å². The molecule has 3 heterocycles. The number of amides is 3. The molecule has 3 amide bonds. The molecule has 13 heteroatoms. The van der Waals surface area contributed by atoms with Gasteiger partial charge in [-0.15, -0.1) is 11.8 Å². The number of carboxylic acids is 1. The molecule has 7 unspecified atom stereocenters. The molecule has 10 nitrogen and oxygen atoms in total. The van der Waals surface area contributed by atoms with Crippen LogP contribution in [-0.4, -0.2) is 56.6 Å². The van der Waals surface area contributed by atoms with Gasteiger partial charge in [-0.05, 0) is 77.6 Å². The SMILES string of the molecule is CC(C)CC(C(=O)O)N1C(=O)C2C3CC(C2C1=O)C1C3Sc2[nH]c(=O)sc2[C@@H]1c1cc(Cl)ccc1OCC(=O)Nc1ccc2ccccc2c1. The van der Waals surface area contributed by atoms with Gasteiger partial charge in [0.2, 0.25) is 11.8 Å². The lowest BCUT2D eigenvalue weighted by atomic mass is 9.68. The van der Waals surface area contributed by atoms with E-state index >= 15 is 0 Å². The first-order valence-electron chi connectivity index (χ1n) is 16.7. The van der Waals surface area contributed by atoms with Gasteiger partial charge in [-0.1, -0.05) is 67.1 Å². The van der Waals surface area contributed by atoms with Crippen LogP contribution < -0.4 is 14.9 Å². The Bertz CT molecular complexity index is 2130. The minimum absolute atomic E-state index is 0.0277. The fraction of sp³-hybridized carbons (Fsp3) is 0.378. The molecule has 50 heavy (non-hydrogen) atoms. The van der Waals surface area contributed by atoms with Crippen LogP contribution in [0.1, 0.15) is 43.0 Å². The molecule has 2 saturated carbocycles. The highest BCUT2D eigenvalue weighted by molar-refractivity contribution is 8.00. The van der Waals surface area contributed by atoms with E-state index in [1.807, 2.05) is 56.3 Å². The van der Waals surface area contributed by atoms with Gasteiger partial charge in [0.05, 0.1) is 16.9 Å². The number of hydrogen-bond donors (Lipinski definition) is 3. The molecule has 8 rings (SSSR count). The smallest absolute Gasteiger partial charge is 0.326 e. The minimum atomic E-state index is -1.21. The second kappa shape index (κ2) is 12.6. The average molecular weight is 732 g/mol. The Morgan fingerprint density at radius 1 is 1.02 bits per heavy atom. The van der Waals surface area contributed by atoms with Crippen LogP contribution in [0.25, 0.3) is 10.8 Å². The Morgan fingerprint density at radius 3 is 2.50 bits per heavy atom. The summed E-state index contributed by atoms with van der Waals surface area (Å²) in [6.45, 7) is 3.47. The Morgan fingerprint density at radius 2 is 1.76 bits per heavy atom. The molecular formula is C37H34ClN3O7S2. The van der Waals surface area contributed by atoms with Crippen molar-refractivity contribution >= 4 is 74.9 Å². The average Bonchev–Trinajstić information content (AvgIpc) is 3.81. The summed E-state index contributed by atoms with van der Waals surface area (Å²) in [5.41, 5.74) is 1.34. The molecule has 1 saturated heterocycles. The van der Waals surface area contributed by atoms with Gasteiger partial charge in [0.25, 0.3) is 5.91 Å². The summed E-state index contributed by atoms with van der Waals surface area (Å²) in [6.07, 6.45) is 0.827. The highest BCUT2D eigenvalue weighted by Crippen LogP contribution is 2.69. The van der Waals surface area contributed by atoms with Crippen molar-refractivity contribution in [1.82, 2.24) is 9.88 Å². The van der Waals surface area contributed by atoms with E-state index in [-0.39, 0.29) is 52.7 Å². The number of fused-ring (bicyclic) bond motifs is 10. The standard InChI is InChI=1S/C37H34ClN3O7S2/c1-16(2)11-24(36(45)46)41-34(43)29-22-14-23(30(29)35(41)44)31-28(22)27(32-33(49-31)40-37(47)50-32)21-13-19(38)8-10-25(21)48-15-26(42)39-20-9-7-17-5-3-4-6-18(17)12-20/h3-10,12-13,16,22-24,27-31H,11,14-15H2,1-2H3,(H,39,42)(H,40,47)(H,45,46)/t22?,23?,24?,27-,28?,29?,30?,31?/m1/s1. The Hall–Kier alpha value is -4.13. The number of likely N-dealkylation sites (tertiary alicyclic amines) is 1. The van der Waals surface area contributed by atoms with E-state index in [4.69, 9.17) is 16.3 Å². The fourth-order valence-corrected chi connectivity index (χ4v) is 12.0. The molecule has 4 aliphatic rings. The third-order valence-corrected chi connectivity index (χ3v) is 13.6. The summed E-state index contributed by atoms with van der Waals surface area (Å²) in [5.74, 6) is -4.15. The van der Waals surface area contributed by atoms with Gasteiger partial charge in [0.15, 0.2) is 6.61 Å². The molecule has 1 aromatic heterocycles. The van der Waals surface area contributed by atoms with Crippen molar-refractivity contribution in [2.75, 3.05) is 11.9 Å². The van der Waals surface area contributed by atoms with Crippen molar-refractivity contribution in [2.45, 2.75) is 48.9 Å². The quantitative estimate of drug-likeness (QED) is 0.172. The number of nitrogens with zero attached hydrogens (tertiary/aromatic N) is 1. The van der Waals surface area contributed by atoms with Crippen LogP contribution in [0.3, 0.4) is 0 Å². The largest absolute Gasteiger partial charge is 0.483 e. The summed E-state index contributed by atoms with van der Waals surface area (Å²) in [4.78, 5) is 70.9. The number of imide groups is 1. The number of H-pyrrole nitrogens is 1. The van der Waals surface area contributed by atoms with Crippen molar-refractivity contribution in [2.24, 2.45) is 35.5 Å². The second-order valence-electron chi connectivity index (χ2n) is 14.1. The van der Waals surface area contributed by atoms with Crippen LogP contribution in [0.15, 0.2) is 70.5 Å². The van der Waals surface area contributed by atoms with Crippen LogP contribution in [0.5, 0.6) is 5.75 Å². The molecule has 258 valence electrons. The minimum Gasteiger partial charge on any atom is -0.483 e. The van der Waals surface area contributed by atoms with Crippen LogP contribution >= 0.6 is 34.7 Å². The molecule has 2 aliphatic carbocycles. The number of carboxylic acid groups (broad SMARTS) is 1. The summed E-state index contributed by atoms with van der Waals surface area (Å²) >= 11 is 9.24. The fourth-order valence-electron chi connectivity index (χ4n) is 8.96. The van der Waals surface area contributed by atoms with E-state index < -0.39 is 41.6 Å². The maximum Gasteiger partial charge on any atom is 0.326 e. The van der Waals surface area contributed by atoms with Crippen molar-refractivity contribution in [1.29, 1.82) is 0 Å². The number of anilines is 1. The summed E-state index contributed by atoms with van der Waals surface area (Å²) in [6, 6.07) is 17.5. The predicted octanol–water partition coefficient (Wildman–Crippen LogP) is 6.23. The van der Waals surface area contributed by atoms with Crippen molar-refractivity contribution in [3.63, 3.8) is 0 Å². The summed E-state index contributed by atoms with van der Waals surface area (Å²) in [5, 5.41) is 16.1. The number of ether oxygens (including phenoxy) is 1. The molecular weight excluding hydrogens is 698 g/mol. The third kappa shape index (κ3) is 5.43. The Balaban J connectivity index is 1.11. The molecule has 4 aromatic rings. The second-order valence-corrected chi connectivity index (χ2v) is 16.7. The van der Waals surface area contributed by atoms with Gasteiger partial charge in [0, 0.05) is 32.3 Å². The predicted molar refractivity (Wildman–Crippen MR) is 191 cm³/mol. The molecule has 8 atom stereocenters. The number of aromatic nitrogens is 1. The lowest BCUT2D eigenvalue weighted by molar-refractivity contribution is -0.156. The number of halogens is 1. The number of nitrogens with one attached hydrogen (secondary N) is 2. The van der Waals surface area contributed by atoms with Crippen LogP contribution in [0.2, 0.25) is 5.02 Å². The Labute approximate surface area is 300 Å². The zero-order valence-electron chi connectivity index (χ0n) is 27.1. The number of rotatable bonds is 9. The van der Waals surface area contributed by atoms with Gasteiger partial charge in [-0.2, -0.15) is 0 Å². The van der Waals surface area contributed by atoms with E-state index in [9.17, 15) is 29.1 Å². The first-order valence-corrected chi connectivity index (χ1v) is 18.8. The molecule has 3 aromatic carbocycles. The molecule has 0 spiro atoms. The highest BCUT2D eigenvalue weighted by Gasteiger charge is 2.70. The van der Waals surface area contributed by atoms with Crippen molar-refractivity contribution < 1.29 is 29.0 Å². The number of aromatic amines is 1. The lowest BCUT2D eigenvalue weighted by Crippen LogP contribution is -2.47. The van der Waals surface area contributed by atoms with Crippen molar-refractivity contribution in [3.05, 3.63) is 85.8 Å². The number of carbonyl (C=O) groups excluding carboxylic acids is 3. The maximum absolute atomic E-state index is 14.1. The first kappa shape index (κ1) is 33.0. The number of aliphatic carboxylic acids is 1. The number of hydrogen-bond acceptors (Lipinski definition) is 8. The zero-order valence-corrected chi connectivity index (χ0v) is 29.5. The van der Waals surface area contributed by atoms with E-state index in [1.54, 1.807) is 18.2 Å². The van der Waals surface area contributed by atoms with Crippen LogP contribution in [0.4, 0.5) is 5.69 Å².